The van der Waals surface area contributed by atoms with Crippen LogP contribution in [0.5, 0.6) is 0 Å². The second-order valence-corrected chi connectivity index (χ2v) is 7.71. The lowest BCUT2D eigenvalue weighted by molar-refractivity contribution is -0.124. The molecule has 0 atom stereocenters. The van der Waals surface area contributed by atoms with Crippen molar-refractivity contribution in [1.82, 2.24) is 20.0 Å². The Hall–Kier alpha value is -0.690. The standard InChI is InChI=1S/C7H14N2O.C7H15NO.C5H13N/c1-6(2)9-4-3-8-7(10)5-9;1-7(2)8-3-5-9-6-4-8;1-5(2)6(3)4/h6H,3-5H2,1-2H3,(H,8,10);7H,3-6H2,1-2H3;5H,1-4H3. The molecule has 150 valence electrons. The third-order valence-corrected chi connectivity index (χ3v) is 4.61. The Morgan fingerprint density at radius 2 is 1.40 bits per heavy atom. The summed E-state index contributed by atoms with van der Waals surface area (Å²) in [6, 6.07) is 1.87. The Bertz CT molecular complexity index is 334. The Kier molecular flexibility index (Phi) is 13.1. The van der Waals surface area contributed by atoms with Crippen LogP contribution in [0, 0.1) is 0 Å². The molecule has 2 saturated heterocycles. The van der Waals surface area contributed by atoms with E-state index in [-0.39, 0.29) is 5.91 Å². The van der Waals surface area contributed by atoms with Crippen LogP contribution in [0.15, 0.2) is 0 Å². The fourth-order valence-electron chi connectivity index (χ4n) is 2.19. The van der Waals surface area contributed by atoms with Crippen molar-refractivity contribution in [2.75, 3.05) is 60.0 Å². The largest absolute Gasteiger partial charge is 0.379 e. The zero-order chi connectivity index (χ0) is 19.4. The molecule has 6 heteroatoms. The number of carbonyl (C=O) groups excluding carboxylic acids is 1. The summed E-state index contributed by atoms with van der Waals surface area (Å²) in [5.41, 5.74) is 0. The Balaban J connectivity index is 0.000000358. The molecule has 0 spiro atoms. The monoisotopic (exact) mass is 358 g/mol. The summed E-state index contributed by atoms with van der Waals surface area (Å²) < 4.78 is 5.21. The zero-order valence-corrected chi connectivity index (χ0v) is 17.8. The molecule has 25 heavy (non-hydrogen) atoms. The smallest absolute Gasteiger partial charge is 0.234 e. The number of piperazine rings is 1. The molecule has 0 radical (unpaired) electrons. The van der Waals surface area contributed by atoms with Crippen LogP contribution in [-0.4, -0.2) is 98.8 Å². The highest BCUT2D eigenvalue weighted by Crippen LogP contribution is 2.01. The van der Waals surface area contributed by atoms with Gasteiger partial charge in [-0.05, 0) is 55.6 Å². The summed E-state index contributed by atoms with van der Waals surface area (Å²) in [6.45, 7) is 19.4. The lowest BCUT2D eigenvalue weighted by atomic mass is 10.2. The van der Waals surface area contributed by atoms with Gasteiger partial charge in [-0.25, -0.2) is 0 Å². The van der Waals surface area contributed by atoms with Gasteiger partial charge in [-0.1, -0.05) is 0 Å². The molecule has 2 rings (SSSR count). The predicted molar refractivity (Wildman–Crippen MR) is 106 cm³/mol. The summed E-state index contributed by atoms with van der Waals surface area (Å²) in [4.78, 5) is 17.6. The van der Waals surface area contributed by atoms with Gasteiger partial charge in [-0.3, -0.25) is 14.6 Å². The molecule has 0 bridgehead atoms. The maximum atomic E-state index is 10.8. The molecule has 0 aromatic rings. The normalized spacial score (nSPS) is 19.4. The number of hydrogen-bond donors (Lipinski definition) is 1. The predicted octanol–water partition coefficient (Wildman–Crippen LogP) is 1.51. The summed E-state index contributed by atoms with van der Waals surface area (Å²) >= 11 is 0. The third kappa shape index (κ3) is 12.3. The van der Waals surface area contributed by atoms with Crippen molar-refractivity contribution in [2.45, 2.75) is 59.7 Å². The highest BCUT2D eigenvalue weighted by atomic mass is 16.5. The lowest BCUT2D eigenvalue weighted by Crippen LogP contribution is -2.50. The number of amides is 1. The maximum Gasteiger partial charge on any atom is 0.234 e. The fraction of sp³-hybridized carbons (Fsp3) is 0.947. The average Bonchev–Trinajstić information content (AvgIpc) is 2.56. The van der Waals surface area contributed by atoms with Gasteiger partial charge < -0.3 is 15.0 Å². The molecular formula is C19H42N4O2. The van der Waals surface area contributed by atoms with Crippen LogP contribution in [0.2, 0.25) is 0 Å². The van der Waals surface area contributed by atoms with E-state index in [2.05, 4.69) is 75.7 Å². The molecule has 2 heterocycles. The van der Waals surface area contributed by atoms with Crippen LogP contribution in [-0.2, 0) is 9.53 Å². The van der Waals surface area contributed by atoms with Crippen molar-refractivity contribution in [3.8, 4) is 0 Å². The minimum Gasteiger partial charge on any atom is -0.379 e. The van der Waals surface area contributed by atoms with Gasteiger partial charge >= 0.3 is 0 Å². The SMILES string of the molecule is CC(C)N(C)C.CC(C)N1CCNC(=O)C1.CC(C)N1CCOCC1. The Labute approximate surface area is 155 Å². The van der Waals surface area contributed by atoms with Crippen molar-refractivity contribution in [1.29, 1.82) is 0 Å². The number of hydrogen-bond acceptors (Lipinski definition) is 5. The first-order valence-corrected chi connectivity index (χ1v) is 9.64. The van der Waals surface area contributed by atoms with E-state index in [1.807, 2.05) is 0 Å². The second kappa shape index (κ2) is 13.5. The Morgan fingerprint density at radius 3 is 1.68 bits per heavy atom. The number of nitrogens with one attached hydrogen (secondary N) is 1. The van der Waals surface area contributed by atoms with Crippen LogP contribution in [0.3, 0.4) is 0 Å². The number of ether oxygens (including phenoxy) is 1. The van der Waals surface area contributed by atoms with E-state index in [1.54, 1.807) is 0 Å². The fourth-order valence-corrected chi connectivity index (χ4v) is 2.19. The van der Waals surface area contributed by atoms with Crippen molar-refractivity contribution in [3.63, 3.8) is 0 Å². The van der Waals surface area contributed by atoms with Gasteiger partial charge in [0, 0.05) is 44.3 Å². The van der Waals surface area contributed by atoms with E-state index in [1.165, 1.54) is 0 Å². The molecular weight excluding hydrogens is 316 g/mol. The first kappa shape index (κ1) is 24.3. The van der Waals surface area contributed by atoms with Gasteiger partial charge in [0.2, 0.25) is 5.91 Å². The molecule has 2 fully saturated rings. The van der Waals surface area contributed by atoms with E-state index in [0.717, 1.165) is 39.4 Å². The molecule has 1 amide bonds. The average molecular weight is 359 g/mol. The molecule has 1 N–H and O–H groups in total. The summed E-state index contributed by atoms with van der Waals surface area (Å²) in [7, 11) is 4.15. The van der Waals surface area contributed by atoms with Crippen LogP contribution >= 0.6 is 0 Å². The maximum absolute atomic E-state index is 10.8. The first-order valence-electron chi connectivity index (χ1n) is 9.64. The topological polar surface area (TPSA) is 48.0 Å². The van der Waals surface area contributed by atoms with Crippen LogP contribution in [0.4, 0.5) is 0 Å². The highest BCUT2D eigenvalue weighted by Gasteiger charge is 2.17. The summed E-state index contributed by atoms with van der Waals surface area (Å²) in [6.07, 6.45) is 0. The van der Waals surface area contributed by atoms with Gasteiger partial charge in [0.1, 0.15) is 0 Å². The van der Waals surface area contributed by atoms with Gasteiger partial charge in [-0.15, -0.1) is 0 Å². The van der Waals surface area contributed by atoms with Crippen molar-refractivity contribution >= 4 is 5.91 Å². The van der Waals surface area contributed by atoms with Crippen LogP contribution in [0.25, 0.3) is 0 Å². The van der Waals surface area contributed by atoms with Gasteiger partial charge in [-0.2, -0.15) is 0 Å². The van der Waals surface area contributed by atoms with Gasteiger partial charge in [0.15, 0.2) is 0 Å². The van der Waals surface area contributed by atoms with Crippen molar-refractivity contribution in [3.05, 3.63) is 0 Å². The molecule has 2 aliphatic rings. The molecule has 6 nitrogen and oxygen atoms in total. The van der Waals surface area contributed by atoms with E-state index in [9.17, 15) is 4.79 Å². The number of carbonyl (C=O) groups is 1. The Morgan fingerprint density at radius 1 is 0.920 bits per heavy atom. The quantitative estimate of drug-likeness (QED) is 0.829. The van der Waals surface area contributed by atoms with E-state index in [4.69, 9.17) is 4.74 Å². The van der Waals surface area contributed by atoms with E-state index in [0.29, 0.717) is 24.7 Å². The molecule has 2 aliphatic heterocycles. The minimum absolute atomic E-state index is 0.153. The second-order valence-electron chi connectivity index (χ2n) is 7.71. The van der Waals surface area contributed by atoms with Crippen LogP contribution < -0.4 is 5.32 Å². The number of morpholine rings is 1. The molecule has 0 unspecified atom stereocenters. The van der Waals surface area contributed by atoms with Crippen molar-refractivity contribution in [2.24, 2.45) is 0 Å². The van der Waals surface area contributed by atoms with Gasteiger partial charge in [0.05, 0.1) is 19.8 Å². The lowest BCUT2D eigenvalue weighted by Gasteiger charge is -2.29. The van der Waals surface area contributed by atoms with Crippen LogP contribution in [0.1, 0.15) is 41.5 Å². The van der Waals surface area contributed by atoms with Crippen molar-refractivity contribution < 1.29 is 9.53 Å². The minimum atomic E-state index is 0.153. The molecule has 0 aromatic carbocycles. The summed E-state index contributed by atoms with van der Waals surface area (Å²) in [5, 5.41) is 2.79. The van der Waals surface area contributed by atoms with E-state index < -0.39 is 0 Å². The molecule has 0 aromatic heterocycles. The first-order chi connectivity index (χ1) is 11.6. The van der Waals surface area contributed by atoms with Gasteiger partial charge in [0.25, 0.3) is 0 Å². The number of nitrogens with zero attached hydrogens (tertiary/aromatic N) is 3. The molecule has 0 saturated carbocycles. The summed E-state index contributed by atoms with van der Waals surface area (Å²) in [5.74, 6) is 0.153. The zero-order valence-electron chi connectivity index (χ0n) is 17.8. The third-order valence-electron chi connectivity index (χ3n) is 4.61. The highest BCUT2D eigenvalue weighted by molar-refractivity contribution is 5.78. The molecule has 0 aliphatic carbocycles. The van der Waals surface area contributed by atoms with E-state index >= 15 is 0 Å². The number of rotatable bonds is 3.